The Labute approximate surface area is 100 Å². The highest BCUT2D eigenvalue weighted by atomic mass is 19.1. The van der Waals surface area contributed by atoms with Crippen LogP contribution in [0.3, 0.4) is 0 Å². The van der Waals surface area contributed by atoms with Crippen LogP contribution in [0, 0.1) is 11.7 Å². The van der Waals surface area contributed by atoms with Gasteiger partial charge in [0.1, 0.15) is 11.5 Å². The van der Waals surface area contributed by atoms with Gasteiger partial charge in [-0.05, 0) is 18.1 Å². The third-order valence-electron chi connectivity index (χ3n) is 2.47. The number of aromatic nitrogens is 2. The normalized spacial score (nSPS) is 11.1. The minimum Gasteiger partial charge on any atom is -0.396 e. The van der Waals surface area contributed by atoms with Crippen LogP contribution >= 0.6 is 0 Å². The van der Waals surface area contributed by atoms with Crippen molar-refractivity contribution >= 4 is 5.69 Å². The number of benzene rings is 1. The molecular formula is C13H16FN3. The van der Waals surface area contributed by atoms with E-state index in [0.29, 0.717) is 22.9 Å². The molecule has 0 fully saturated rings. The summed E-state index contributed by atoms with van der Waals surface area (Å²) in [6.07, 6.45) is 1.75. The lowest BCUT2D eigenvalue weighted by Crippen LogP contribution is -2.04. The predicted octanol–water partition coefficient (Wildman–Crippen LogP) is 2.93. The van der Waals surface area contributed by atoms with Crippen molar-refractivity contribution in [2.75, 3.05) is 5.73 Å². The number of nitrogens with zero attached hydrogens (tertiary/aromatic N) is 2. The van der Waals surface area contributed by atoms with Gasteiger partial charge in [0, 0.05) is 18.3 Å². The first kappa shape index (κ1) is 11.6. The van der Waals surface area contributed by atoms with Crippen molar-refractivity contribution in [1.29, 1.82) is 0 Å². The summed E-state index contributed by atoms with van der Waals surface area (Å²) in [6.45, 7) is 4.97. The van der Waals surface area contributed by atoms with Crippen LogP contribution in [-0.2, 0) is 6.54 Å². The molecular weight excluding hydrogens is 217 g/mol. The number of nitrogen functional groups attached to an aromatic ring is 1. The summed E-state index contributed by atoms with van der Waals surface area (Å²) in [7, 11) is 0. The molecule has 0 bridgehead atoms. The van der Waals surface area contributed by atoms with Gasteiger partial charge in [-0.3, -0.25) is 4.68 Å². The van der Waals surface area contributed by atoms with Gasteiger partial charge in [-0.15, -0.1) is 0 Å². The van der Waals surface area contributed by atoms with E-state index >= 15 is 0 Å². The monoisotopic (exact) mass is 233 g/mol. The zero-order chi connectivity index (χ0) is 12.4. The molecule has 1 aromatic carbocycles. The van der Waals surface area contributed by atoms with Gasteiger partial charge in [-0.25, -0.2) is 4.39 Å². The molecule has 1 aromatic heterocycles. The molecule has 3 nitrogen and oxygen atoms in total. The summed E-state index contributed by atoms with van der Waals surface area (Å²) in [5.41, 5.74) is 7.35. The Bertz CT molecular complexity index is 517. The Morgan fingerprint density at radius 1 is 1.35 bits per heavy atom. The number of nitrogens with two attached hydrogens (primary N) is 1. The van der Waals surface area contributed by atoms with Crippen LogP contribution in [0.2, 0.25) is 0 Å². The van der Waals surface area contributed by atoms with Crippen LogP contribution < -0.4 is 5.73 Å². The highest BCUT2D eigenvalue weighted by molar-refractivity contribution is 5.72. The van der Waals surface area contributed by atoms with E-state index in [9.17, 15) is 4.39 Å². The smallest absolute Gasteiger partial charge is 0.132 e. The van der Waals surface area contributed by atoms with Crippen LogP contribution in [0.25, 0.3) is 11.3 Å². The van der Waals surface area contributed by atoms with Crippen molar-refractivity contribution in [2.45, 2.75) is 20.4 Å². The van der Waals surface area contributed by atoms with Gasteiger partial charge in [0.25, 0.3) is 0 Å². The molecule has 2 aromatic rings. The highest BCUT2D eigenvalue weighted by Gasteiger charge is 2.12. The van der Waals surface area contributed by atoms with Gasteiger partial charge in [-0.2, -0.15) is 5.10 Å². The van der Waals surface area contributed by atoms with Crippen LogP contribution in [0.5, 0.6) is 0 Å². The molecule has 2 N–H and O–H groups in total. The van der Waals surface area contributed by atoms with Gasteiger partial charge < -0.3 is 5.73 Å². The molecule has 0 aliphatic heterocycles. The number of halogens is 1. The minimum atomic E-state index is -0.297. The van der Waals surface area contributed by atoms with Gasteiger partial charge in [0.2, 0.25) is 0 Å². The maximum atomic E-state index is 13.6. The fraction of sp³-hybridized carbons (Fsp3) is 0.308. The second-order valence-electron chi connectivity index (χ2n) is 4.53. The molecule has 0 amide bonds. The van der Waals surface area contributed by atoms with Crippen LogP contribution in [0.1, 0.15) is 13.8 Å². The topological polar surface area (TPSA) is 43.8 Å². The first-order chi connectivity index (χ1) is 8.08. The molecule has 0 aliphatic carbocycles. The first-order valence-corrected chi connectivity index (χ1v) is 5.65. The Morgan fingerprint density at radius 2 is 2.06 bits per heavy atom. The van der Waals surface area contributed by atoms with Gasteiger partial charge >= 0.3 is 0 Å². The summed E-state index contributed by atoms with van der Waals surface area (Å²) >= 11 is 0. The van der Waals surface area contributed by atoms with Gasteiger partial charge in [-0.1, -0.05) is 26.0 Å². The molecule has 0 saturated heterocycles. The van der Waals surface area contributed by atoms with Crippen molar-refractivity contribution < 1.29 is 4.39 Å². The summed E-state index contributed by atoms with van der Waals surface area (Å²) < 4.78 is 15.4. The zero-order valence-electron chi connectivity index (χ0n) is 10.0. The van der Waals surface area contributed by atoms with Gasteiger partial charge in [0.05, 0.1) is 5.69 Å². The third-order valence-corrected chi connectivity index (χ3v) is 2.47. The Morgan fingerprint density at radius 3 is 2.71 bits per heavy atom. The van der Waals surface area contributed by atoms with Crippen LogP contribution in [-0.4, -0.2) is 9.78 Å². The van der Waals surface area contributed by atoms with E-state index in [-0.39, 0.29) is 5.82 Å². The van der Waals surface area contributed by atoms with Gasteiger partial charge in [0.15, 0.2) is 0 Å². The Hall–Kier alpha value is -1.84. The van der Waals surface area contributed by atoms with E-state index in [1.807, 2.05) is 0 Å². The molecule has 0 saturated carbocycles. The number of hydrogen-bond acceptors (Lipinski definition) is 2. The van der Waals surface area contributed by atoms with Crippen molar-refractivity contribution in [1.82, 2.24) is 9.78 Å². The van der Waals surface area contributed by atoms with Crippen LogP contribution in [0.15, 0.2) is 30.5 Å². The summed E-state index contributed by atoms with van der Waals surface area (Å²) in [5.74, 6) is 0.178. The van der Waals surface area contributed by atoms with E-state index in [1.165, 1.54) is 6.07 Å². The van der Waals surface area contributed by atoms with Crippen molar-refractivity contribution in [3.8, 4) is 11.3 Å². The fourth-order valence-electron chi connectivity index (χ4n) is 1.77. The molecule has 17 heavy (non-hydrogen) atoms. The second-order valence-corrected chi connectivity index (χ2v) is 4.53. The molecule has 0 atom stereocenters. The average Bonchev–Trinajstić information content (AvgIpc) is 2.59. The van der Waals surface area contributed by atoms with Crippen molar-refractivity contribution in [3.63, 3.8) is 0 Å². The molecule has 1 heterocycles. The molecule has 0 aliphatic rings. The number of anilines is 1. The highest BCUT2D eigenvalue weighted by Crippen LogP contribution is 2.26. The summed E-state index contributed by atoms with van der Waals surface area (Å²) in [4.78, 5) is 0. The number of rotatable bonds is 3. The van der Waals surface area contributed by atoms with E-state index in [2.05, 4.69) is 18.9 Å². The number of hydrogen-bond donors (Lipinski definition) is 1. The third kappa shape index (κ3) is 2.46. The largest absolute Gasteiger partial charge is 0.396 e. The average molecular weight is 233 g/mol. The molecule has 0 radical (unpaired) electrons. The Balaban J connectivity index is 2.40. The lowest BCUT2D eigenvalue weighted by molar-refractivity contribution is 0.484. The lowest BCUT2D eigenvalue weighted by Gasteiger charge is -2.03. The molecule has 0 unspecified atom stereocenters. The summed E-state index contributed by atoms with van der Waals surface area (Å²) in [5, 5.41) is 4.33. The molecule has 2 rings (SSSR count). The molecule has 0 spiro atoms. The second kappa shape index (κ2) is 4.57. The maximum Gasteiger partial charge on any atom is 0.132 e. The quantitative estimate of drug-likeness (QED) is 0.885. The molecule has 4 heteroatoms. The predicted molar refractivity (Wildman–Crippen MR) is 66.9 cm³/mol. The van der Waals surface area contributed by atoms with Crippen molar-refractivity contribution in [2.24, 2.45) is 5.92 Å². The zero-order valence-corrected chi connectivity index (χ0v) is 10.0. The van der Waals surface area contributed by atoms with E-state index in [0.717, 1.165) is 6.54 Å². The van der Waals surface area contributed by atoms with E-state index in [1.54, 1.807) is 29.1 Å². The SMILES string of the molecule is CC(C)Cn1cc(N)c(-c2ccccc2F)n1. The van der Waals surface area contributed by atoms with E-state index < -0.39 is 0 Å². The standard InChI is InChI=1S/C13H16FN3/c1-9(2)7-17-8-12(15)13(16-17)10-5-3-4-6-11(10)14/h3-6,8-9H,7,15H2,1-2H3. The maximum absolute atomic E-state index is 13.6. The Kier molecular flexibility index (Phi) is 3.13. The lowest BCUT2D eigenvalue weighted by atomic mass is 10.1. The molecule has 90 valence electrons. The fourth-order valence-corrected chi connectivity index (χ4v) is 1.77. The van der Waals surface area contributed by atoms with Crippen LogP contribution in [0.4, 0.5) is 10.1 Å². The van der Waals surface area contributed by atoms with E-state index in [4.69, 9.17) is 5.73 Å². The first-order valence-electron chi connectivity index (χ1n) is 5.65. The minimum absolute atomic E-state index is 0.297. The van der Waals surface area contributed by atoms with Crippen molar-refractivity contribution in [3.05, 3.63) is 36.3 Å². The summed E-state index contributed by atoms with van der Waals surface area (Å²) in [6, 6.07) is 6.53.